The van der Waals surface area contributed by atoms with Crippen LogP contribution in [0.25, 0.3) is 6.08 Å². The van der Waals surface area contributed by atoms with Crippen molar-refractivity contribution < 1.29 is 9.59 Å². The third-order valence-electron chi connectivity index (χ3n) is 2.63. The quantitative estimate of drug-likeness (QED) is 0.676. The Morgan fingerprint density at radius 1 is 0.905 bits per heavy atom. The van der Waals surface area contributed by atoms with Gasteiger partial charge in [0.1, 0.15) is 0 Å². The zero-order valence-corrected chi connectivity index (χ0v) is 11.8. The minimum absolute atomic E-state index is 0.409. The number of hydrazine groups is 1. The van der Waals surface area contributed by atoms with E-state index in [4.69, 9.17) is 11.6 Å². The summed E-state index contributed by atoms with van der Waals surface area (Å²) in [6.07, 6.45) is 3.00. The first-order chi connectivity index (χ1) is 10.1. The van der Waals surface area contributed by atoms with Gasteiger partial charge in [0.2, 0.25) is 0 Å². The van der Waals surface area contributed by atoms with Crippen molar-refractivity contribution in [3.63, 3.8) is 0 Å². The molecule has 2 aromatic carbocycles. The van der Waals surface area contributed by atoms with Gasteiger partial charge in [-0.1, -0.05) is 41.9 Å². The lowest BCUT2D eigenvalue weighted by molar-refractivity contribution is -0.117. The van der Waals surface area contributed by atoms with Crippen molar-refractivity contribution in [2.45, 2.75) is 0 Å². The Balaban J connectivity index is 1.85. The second kappa shape index (κ2) is 7.26. The first-order valence-corrected chi connectivity index (χ1v) is 6.62. The molecule has 2 aromatic rings. The highest BCUT2D eigenvalue weighted by Crippen LogP contribution is 2.09. The van der Waals surface area contributed by atoms with E-state index in [2.05, 4.69) is 10.9 Å². The van der Waals surface area contributed by atoms with E-state index in [1.807, 2.05) is 30.3 Å². The zero-order valence-electron chi connectivity index (χ0n) is 11.0. The van der Waals surface area contributed by atoms with Crippen LogP contribution < -0.4 is 10.9 Å². The third-order valence-corrected chi connectivity index (χ3v) is 2.88. The highest BCUT2D eigenvalue weighted by molar-refractivity contribution is 6.30. The smallest absolute Gasteiger partial charge is 0.268 e. The summed E-state index contributed by atoms with van der Waals surface area (Å²) < 4.78 is 0. The average molecular weight is 301 g/mol. The van der Waals surface area contributed by atoms with Gasteiger partial charge in [-0.15, -0.1) is 0 Å². The van der Waals surface area contributed by atoms with E-state index in [1.165, 1.54) is 6.08 Å². The topological polar surface area (TPSA) is 58.2 Å². The van der Waals surface area contributed by atoms with E-state index in [1.54, 1.807) is 30.3 Å². The maximum absolute atomic E-state index is 11.7. The molecule has 2 N–H and O–H groups in total. The molecule has 0 aliphatic carbocycles. The fourth-order valence-electron chi connectivity index (χ4n) is 1.57. The van der Waals surface area contributed by atoms with E-state index in [0.29, 0.717) is 10.6 Å². The Kier molecular flexibility index (Phi) is 5.12. The lowest BCUT2D eigenvalue weighted by Gasteiger charge is -2.05. The number of halogens is 1. The van der Waals surface area contributed by atoms with Crippen LogP contribution in [0.1, 0.15) is 15.9 Å². The van der Waals surface area contributed by atoms with Crippen molar-refractivity contribution in [3.05, 3.63) is 76.8 Å². The number of rotatable bonds is 3. The molecule has 0 saturated heterocycles. The fourth-order valence-corrected chi connectivity index (χ4v) is 1.70. The van der Waals surface area contributed by atoms with Gasteiger partial charge in [-0.05, 0) is 35.9 Å². The molecule has 2 amide bonds. The molecule has 0 bridgehead atoms. The first-order valence-electron chi connectivity index (χ1n) is 6.24. The van der Waals surface area contributed by atoms with Gasteiger partial charge < -0.3 is 0 Å². The summed E-state index contributed by atoms with van der Waals surface area (Å²) in [6.45, 7) is 0. The van der Waals surface area contributed by atoms with E-state index < -0.39 is 11.8 Å². The summed E-state index contributed by atoms with van der Waals surface area (Å²) >= 11 is 5.73. The van der Waals surface area contributed by atoms with Crippen LogP contribution in [0.5, 0.6) is 0 Å². The highest BCUT2D eigenvalue weighted by atomic mass is 35.5. The molecule has 0 radical (unpaired) electrons. The molecule has 21 heavy (non-hydrogen) atoms. The Bertz CT molecular complexity index is 652. The largest absolute Gasteiger partial charge is 0.269 e. The zero-order chi connectivity index (χ0) is 15.1. The summed E-state index contributed by atoms with van der Waals surface area (Å²) in [7, 11) is 0. The molecular weight excluding hydrogens is 288 g/mol. The molecule has 0 saturated carbocycles. The van der Waals surface area contributed by atoms with Gasteiger partial charge in [0.05, 0.1) is 0 Å². The number of nitrogens with one attached hydrogen (secondary N) is 2. The normalized spacial score (nSPS) is 10.3. The van der Waals surface area contributed by atoms with Crippen LogP contribution in [-0.4, -0.2) is 11.8 Å². The monoisotopic (exact) mass is 300 g/mol. The molecule has 0 fully saturated rings. The molecule has 0 heterocycles. The lowest BCUT2D eigenvalue weighted by Crippen LogP contribution is -2.40. The van der Waals surface area contributed by atoms with E-state index in [0.717, 1.165) is 5.56 Å². The number of hydrogen-bond donors (Lipinski definition) is 2. The molecule has 106 valence electrons. The van der Waals surface area contributed by atoms with Crippen LogP contribution >= 0.6 is 11.6 Å². The second-order valence-corrected chi connectivity index (χ2v) is 4.63. The second-order valence-electron chi connectivity index (χ2n) is 4.19. The van der Waals surface area contributed by atoms with Crippen molar-refractivity contribution in [1.82, 2.24) is 10.9 Å². The Morgan fingerprint density at radius 3 is 2.24 bits per heavy atom. The van der Waals surface area contributed by atoms with Crippen LogP contribution in [0.3, 0.4) is 0 Å². The van der Waals surface area contributed by atoms with Gasteiger partial charge in [-0.3, -0.25) is 20.4 Å². The number of amides is 2. The number of carbonyl (C=O) groups excluding carboxylic acids is 2. The van der Waals surface area contributed by atoms with Gasteiger partial charge in [0.15, 0.2) is 0 Å². The SMILES string of the molecule is O=C(C=Cc1ccccc1)NNC(=O)c1ccc(Cl)cc1. The molecule has 4 nitrogen and oxygen atoms in total. The number of hydrogen-bond acceptors (Lipinski definition) is 2. The van der Waals surface area contributed by atoms with E-state index >= 15 is 0 Å². The molecule has 0 spiro atoms. The Morgan fingerprint density at radius 2 is 1.57 bits per heavy atom. The lowest BCUT2D eigenvalue weighted by atomic mass is 10.2. The maximum Gasteiger partial charge on any atom is 0.269 e. The summed E-state index contributed by atoms with van der Waals surface area (Å²) in [4.78, 5) is 23.3. The minimum atomic E-state index is -0.416. The van der Waals surface area contributed by atoms with E-state index in [-0.39, 0.29) is 0 Å². The van der Waals surface area contributed by atoms with Gasteiger partial charge in [-0.25, -0.2) is 0 Å². The summed E-state index contributed by atoms with van der Waals surface area (Å²) in [6, 6.07) is 15.7. The van der Waals surface area contributed by atoms with Gasteiger partial charge in [0.25, 0.3) is 11.8 Å². The Hall–Kier alpha value is -2.59. The van der Waals surface area contributed by atoms with Gasteiger partial charge in [0, 0.05) is 16.7 Å². The first kappa shape index (κ1) is 14.8. The predicted octanol–water partition coefficient (Wildman–Crippen LogP) is 2.81. The maximum atomic E-state index is 11.7. The number of carbonyl (C=O) groups is 2. The van der Waals surface area contributed by atoms with Crippen LogP contribution in [0.4, 0.5) is 0 Å². The van der Waals surface area contributed by atoms with Crippen molar-refractivity contribution >= 4 is 29.5 Å². The molecule has 0 aliphatic heterocycles. The summed E-state index contributed by atoms with van der Waals surface area (Å²) in [5, 5.41) is 0.543. The molecule has 2 rings (SSSR count). The molecule has 0 aromatic heterocycles. The Labute approximate surface area is 127 Å². The number of benzene rings is 2. The van der Waals surface area contributed by atoms with Crippen molar-refractivity contribution in [2.75, 3.05) is 0 Å². The molecule has 5 heteroatoms. The van der Waals surface area contributed by atoms with Crippen molar-refractivity contribution in [2.24, 2.45) is 0 Å². The molecular formula is C16H13ClN2O2. The van der Waals surface area contributed by atoms with Crippen molar-refractivity contribution in [3.8, 4) is 0 Å². The molecule has 0 atom stereocenters. The fraction of sp³-hybridized carbons (Fsp3) is 0. The molecule has 0 aliphatic rings. The predicted molar refractivity (Wildman–Crippen MR) is 82.5 cm³/mol. The van der Waals surface area contributed by atoms with Gasteiger partial charge in [-0.2, -0.15) is 0 Å². The minimum Gasteiger partial charge on any atom is -0.268 e. The molecule has 0 unspecified atom stereocenters. The van der Waals surface area contributed by atoms with Crippen LogP contribution in [0, 0.1) is 0 Å². The van der Waals surface area contributed by atoms with E-state index in [9.17, 15) is 9.59 Å². The third kappa shape index (κ3) is 4.78. The summed E-state index contributed by atoms with van der Waals surface area (Å²) in [5.74, 6) is -0.825. The summed E-state index contributed by atoms with van der Waals surface area (Å²) in [5.41, 5.74) is 5.94. The van der Waals surface area contributed by atoms with Crippen LogP contribution in [-0.2, 0) is 4.79 Å². The highest BCUT2D eigenvalue weighted by Gasteiger charge is 2.05. The standard InChI is InChI=1S/C16H13ClN2O2/c17-14-9-7-13(8-10-14)16(21)19-18-15(20)11-6-12-4-2-1-3-5-12/h1-11H,(H,18,20)(H,19,21). The van der Waals surface area contributed by atoms with Crippen molar-refractivity contribution in [1.29, 1.82) is 0 Å². The van der Waals surface area contributed by atoms with Crippen LogP contribution in [0.15, 0.2) is 60.7 Å². The van der Waals surface area contributed by atoms with Crippen LogP contribution in [0.2, 0.25) is 5.02 Å². The average Bonchev–Trinajstić information content (AvgIpc) is 2.52. The van der Waals surface area contributed by atoms with Gasteiger partial charge >= 0.3 is 0 Å².